The molecule has 0 radical (unpaired) electrons. The molecule has 2 rings (SSSR count). The second-order valence-electron chi connectivity index (χ2n) is 2.93. The number of rotatable bonds is 3. The maximum atomic E-state index is 11.2. The molecule has 2 aromatic rings. The van der Waals surface area contributed by atoms with E-state index >= 15 is 0 Å². The Hall–Kier alpha value is -0.290. The summed E-state index contributed by atoms with van der Waals surface area (Å²) in [5.74, 6) is 0. The Morgan fingerprint density at radius 2 is 2.00 bits per heavy atom. The lowest BCUT2D eigenvalue weighted by Crippen LogP contribution is -1.90. The predicted octanol–water partition coefficient (Wildman–Crippen LogP) is 5.04. The molecule has 0 aliphatic carbocycles. The Morgan fingerprint density at radius 3 is 2.62 bits per heavy atom. The first-order valence-corrected chi connectivity index (χ1v) is 7.19. The molecule has 0 N–H and O–H groups in total. The van der Waals surface area contributed by atoms with Crippen molar-refractivity contribution in [3.05, 3.63) is 45.7 Å². The highest BCUT2D eigenvalue weighted by Crippen LogP contribution is 2.37. The zero-order valence-corrected chi connectivity index (χ0v) is 11.9. The summed E-state index contributed by atoms with van der Waals surface area (Å²) in [6, 6.07) is 11.3. The van der Waals surface area contributed by atoms with Crippen molar-refractivity contribution in [1.29, 1.82) is 0 Å². The molecule has 0 spiro atoms. The molecule has 5 heteroatoms. The van der Waals surface area contributed by atoms with Crippen molar-refractivity contribution in [2.45, 2.75) is 9.10 Å². The van der Waals surface area contributed by atoms with Crippen LogP contribution in [-0.4, -0.2) is 5.24 Å². The van der Waals surface area contributed by atoms with Crippen LogP contribution in [0, 0.1) is 0 Å². The Morgan fingerprint density at radius 1 is 1.25 bits per heavy atom. The topological polar surface area (TPSA) is 17.1 Å². The quantitative estimate of drug-likeness (QED) is 0.732. The van der Waals surface area contributed by atoms with E-state index in [0.717, 1.165) is 12.9 Å². The SMILES string of the molecule is O=C(Cl)c1ccccc1Sc1ccc(Br)s1. The van der Waals surface area contributed by atoms with Gasteiger partial charge in [0.2, 0.25) is 0 Å². The fourth-order valence-corrected chi connectivity index (χ4v) is 4.32. The van der Waals surface area contributed by atoms with Crippen LogP contribution in [0.1, 0.15) is 10.4 Å². The lowest BCUT2D eigenvalue weighted by Gasteiger charge is -2.02. The van der Waals surface area contributed by atoms with E-state index in [4.69, 9.17) is 11.6 Å². The molecule has 0 saturated carbocycles. The van der Waals surface area contributed by atoms with Crippen molar-refractivity contribution in [1.82, 2.24) is 0 Å². The fourth-order valence-electron chi connectivity index (χ4n) is 1.18. The van der Waals surface area contributed by atoms with Gasteiger partial charge in [-0.3, -0.25) is 4.79 Å². The third-order valence-electron chi connectivity index (χ3n) is 1.86. The van der Waals surface area contributed by atoms with Crippen molar-refractivity contribution >= 4 is 55.9 Å². The summed E-state index contributed by atoms with van der Waals surface area (Å²) in [5, 5.41) is -0.418. The molecule has 1 aromatic heterocycles. The highest BCUT2D eigenvalue weighted by atomic mass is 79.9. The number of hydrogen-bond acceptors (Lipinski definition) is 3. The van der Waals surface area contributed by atoms with Crippen molar-refractivity contribution < 1.29 is 4.79 Å². The summed E-state index contributed by atoms with van der Waals surface area (Å²) in [5.41, 5.74) is 0.554. The van der Waals surface area contributed by atoms with Gasteiger partial charge in [0.25, 0.3) is 5.24 Å². The number of carbonyl (C=O) groups excluding carboxylic acids is 1. The van der Waals surface area contributed by atoms with Crippen LogP contribution in [0.25, 0.3) is 0 Å². The summed E-state index contributed by atoms with van der Waals surface area (Å²) in [4.78, 5) is 12.1. The third kappa shape index (κ3) is 2.88. The molecule has 0 aliphatic heterocycles. The molecule has 0 amide bonds. The van der Waals surface area contributed by atoms with Gasteiger partial charge in [0.1, 0.15) is 0 Å². The van der Waals surface area contributed by atoms with Gasteiger partial charge in [-0.05, 0) is 51.8 Å². The van der Waals surface area contributed by atoms with Gasteiger partial charge >= 0.3 is 0 Å². The van der Waals surface area contributed by atoms with E-state index in [1.807, 2.05) is 30.3 Å². The van der Waals surface area contributed by atoms with Crippen LogP contribution in [0.5, 0.6) is 0 Å². The van der Waals surface area contributed by atoms with Crippen molar-refractivity contribution in [2.75, 3.05) is 0 Å². The average molecular weight is 334 g/mol. The second-order valence-corrected chi connectivity index (χ2v) is 7.08. The van der Waals surface area contributed by atoms with E-state index in [2.05, 4.69) is 15.9 Å². The Kier molecular flexibility index (Phi) is 4.08. The lowest BCUT2D eigenvalue weighted by molar-refractivity contribution is 0.107. The van der Waals surface area contributed by atoms with Gasteiger partial charge in [0.15, 0.2) is 0 Å². The van der Waals surface area contributed by atoms with Crippen LogP contribution < -0.4 is 0 Å². The Balaban J connectivity index is 2.31. The second kappa shape index (κ2) is 5.36. The van der Waals surface area contributed by atoms with Crippen LogP contribution in [0.15, 0.2) is 49.3 Å². The first-order chi connectivity index (χ1) is 7.66. The summed E-state index contributed by atoms with van der Waals surface area (Å²) < 4.78 is 2.20. The van der Waals surface area contributed by atoms with Crippen molar-refractivity contribution in [3.8, 4) is 0 Å². The molecule has 0 fully saturated rings. The molecule has 0 saturated heterocycles. The molecule has 0 atom stereocenters. The molecule has 82 valence electrons. The molecular weight excluding hydrogens is 328 g/mol. The van der Waals surface area contributed by atoms with Crippen LogP contribution in [0.3, 0.4) is 0 Å². The largest absolute Gasteiger partial charge is 0.276 e. The molecule has 0 unspecified atom stereocenters. The maximum absolute atomic E-state index is 11.2. The Bertz CT molecular complexity index is 524. The fraction of sp³-hybridized carbons (Fsp3) is 0. The minimum atomic E-state index is -0.418. The molecule has 0 bridgehead atoms. The van der Waals surface area contributed by atoms with Gasteiger partial charge in [-0.25, -0.2) is 0 Å². The summed E-state index contributed by atoms with van der Waals surface area (Å²) in [6.07, 6.45) is 0. The first-order valence-electron chi connectivity index (χ1n) is 4.39. The van der Waals surface area contributed by atoms with Gasteiger partial charge in [-0.1, -0.05) is 23.9 Å². The molecule has 1 aromatic carbocycles. The highest BCUT2D eigenvalue weighted by molar-refractivity contribution is 9.11. The molecular formula is C11H6BrClOS2. The van der Waals surface area contributed by atoms with Crippen LogP contribution in [0.4, 0.5) is 0 Å². The highest BCUT2D eigenvalue weighted by Gasteiger charge is 2.10. The predicted molar refractivity (Wildman–Crippen MR) is 72.8 cm³/mol. The summed E-state index contributed by atoms with van der Waals surface area (Å²) in [7, 11) is 0. The summed E-state index contributed by atoms with van der Waals surface area (Å²) >= 11 is 12.1. The molecule has 16 heavy (non-hydrogen) atoms. The third-order valence-corrected chi connectivity index (χ3v) is 4.89. The van der Waals surface area contributed by atoms with Crippen LogP contribution in [-0.2, 0) is 0 Å². The van der Waals surface area contributed by atoms with E-state index < -0.39 is 5.24 Å². The average Bonchev–Trinajstić information content (AvgIpc) is 2.64. The minimum Gasteiger partial charge on any atom is -0.276 e. The number of benzene rings is 1. The van der Waals surface area contributed by atoms with E-state index in [9.17, 15) is 4.79 Å². The van der Waals surface area contributed by atoms with Gasteiger partial charge in [-0.15, -0.1) is 11.3 Å². The first kappa shape index (κ1) is 12.2. The summed E-state index contributed by atoms with van der Waals surface area (Å²) in [6.45, 7) is 0. The smallest absolute Gasteiger partial charge is 0.253 e. The minimum absolute atomic E-state index is 0.418. The van der Waals surface area contributed by atoms with Gasteiger partial charge in [0, 0.05) is 10.5 Å². The number of hydrogen-bond donors (Lipinski definition) is 0. The number of thiophene rings is 1. The normalized spacial score (nSPS) is 10.4. The van der Waals surface area contributed by atoms with Crippen molar-refractivity contribution in [3.63, 3.8) is 0 Å². The zero-order chi connectivity index (χ0) is 11.5. The number of halogens is 2. The Labute approximate surface area is 115 Å². The number of carbonyl (C=O) groups is 1. The molecule has 1 nitrogen and oxygen atoms in total. The zero-order valence-electron chi connectivity index (χ0n) is 7.94. The standard InChI is InChI=1S/C11H6BrClOS2/c12-9-5-6-10(16-9)15-8-4-2-1-3-7(8)11(13)14/h1-6H. The van der Waals surface area contributed by atoms with E-state index in [0.29, 0.717) is 5.56 Å². The van der Waals surface area contributed by atoms with Gasteiger partial charge in [-0.2, -0.15) is 0 Å². The van der Waals surface area contributed by atoms with E-state index in [1.165, 1.54) is 0 Å². The van der Waals surface area contributed by atoms with Gasteiger partial charge < -0.3 is 0 Å². The monoisotopic (exact) mass is 332 g/mol. The van der Waals surface area contributed by atoms with Gasteiger partial charge in [0.05, 0.1) is 8.00 Å². The molecule has 1 heterocycles. The van der Waals surface area contributed by atoms with Crippen LogP contribution in [0.2, 0.25) is 0 Å². The molecule has 0 aliphatic rings. The van der Waals surface area contributed by atoms with E-state index in [1.54, 1.807) is 29.2 Å². The lowest BCUT2D eigenvalue weighted by atomic mass is 10.2. The van der Waals surface area contributed by atoms with Crippen molar-refractivity contribution in [2.24, 2.45) is 0 Å². The maximum Gasteiger partial charge on any atom is 0.253 e. The van der Waals surface area contributed by atoms with Crippen LogP contribution >= 0.6 is 50.6 Å². The van der Waals surface area contributed by atoms with E-state index in [-0.39, 0.29) is 0 Å².